The molecule has 8 nitrogen and oxygen atoms in total. The summed E-state index contributed by atoms with van der Waals surface area (Å²) in [6.07, 6.45) is -0.269. The maximum Gasteiger partial charge on any atom is 0.366 e. The van der Waals surface area contributed by atoms with E-state index in [1.165, 1.54) is 19.1 Å². The van der Waals surface area contributed by atoms with Crippen molar-refractivity contribution < 1.29 is 19.2 Å². The van der Waals surface area contributed by atoms with Gasteiger partial charge in [-0.2, -0.15) is 0 Å². The molecule has 0 radical (unpaired) electrons. The lowest BCUT2D eigenvalue weighted by Gasteiger charge is -2.29. The van der Waals surface area contributed by atoms with Gasteiger partial charge in [-0.1, -0.05) is 6.92 Å². The first-order valence-electron chi connectivity index (χ1n) is 6.07. The van der Waals surface area contributed by atoms with Crippen LogP contribution in [0.5, 0.6) is 5.75 Å². The molecule has 8 heteroatoms. The second-order valence-electron chi connectivity index (χ2n) is 4.39. The third-order valence-electron chi connectivity index (χ3n) is 2.83. The Bertz CT molecular complexity index is 586. The second kappa shape index (κ2) is 5.24. The smallest absolute Gasteiger partial charge is 0.366 e. The first-order valence-corrected chi connectivity index (χ1v) is 6.07. The summed E-state index contributed by atoms with van der Waals surface area (Å²) in [5.41, 5.74) is 0. The number of nitrogens with zero attached hydrogens (tertiary/aromatic N) is 3. The number of anilines is 1. The van der Waals surface area contributed by atoms with Gasteiger partial charge in [0.2, 0.25) is 0 Å². The van der Waals surface area contributed by atoms with E-state index in [2.05, 4.69) is 4.98 Å². The van der Waals surface area contributed by atoms with Crippen molar-refractivity contribution in [2.24, 2.45) is 0 Å². The molecule has 1 atom stereocenters. The summed E-state index contributed by atoms with van der Waals surface area (Å²) >= 11 is 0. The fourth-order valence-electron chi connectivity index (χ4n) is 1.93. The number of pyridine rings is 1. The molecule has 0 saturated heterocycles. The van der Waals surface area contributed by atoms with Crippen molar-refractivity contribution in [3.8, 4) is 5.75 Å². The van der Waals surface area contributed by atoms with Crippen LogP contribution in [0.4, 0.5) is 11.6 Å². The monoisotopic (exact) mass is 279 g/mol. The number of ketones is 1. The minimum atomic E-state index is -0.704. The lowest BCUT2D eigenvalue weighted by molar-refractivity contribution is -0.389. The average molecular weight is 279 g/mol. The van der Waals surface area contributed by atoms with Crippen LogP contribution in [0.15, 0.2) is 12.1 Å². The van der Waals surface area contributed by atoms with Crippen LogP contribution in [0.1, 0.15) is 20.3 Å². The zero-order valence-electron chi connectivity index (χ0n) is 11.0. The summed E-state index contributed by atoms with van der Waals surface area (Å²) in [4.78, 5) is 38.5. The van der Waals surface area contributed by atoms with E-state index in [1.54, 1.807) is 6.92 Å². The highest BCUT2D eigenvalue weighted by Gasteiger charge is 2.38. The summed E-state index contributed by atoms with van der Waals surface area (Å²) in [5, 5.41) is 10.7. The predicted molar refractivity (Wildman–Crippen MR) is 68.6 cm³/mol. The van der Waals surface area contributed by atoms with Gasteiger partial charge in [0.05, 0.1) is 6.54 Å². The van der Waals surface area contributed by atoms with Gasteiger partial charge >= 0.3 is 5.82 Å². The van der Waals surface area contributed by atoms with E-state index in [0.29, 0.717) is 6.42 Å². The molecule has 0 aromatic carbocycles. The number of hydrogen-bond donors (Lipinski definition) is 0. The third-order valence-corrected chi connectivity index (χ3v) is 2.83. The molecule has 0 bridgehead atoms. The van der Waals surface area contributed by atoms with Gasteiger partial charge in [-0.15, -0.1) is 0 Å². The Morgan fingerprint density at radius 3 is 2.80 bits per heavy atom. The minimum Gasteiger partial charge on any atom is -0.474 e. The van der Waals surface area contributed by atoms with Crippen LogP contribution in [0.3, 0.4) is 0 Å². The number of fused-ring (bicyclic) bond motifs is 1. The van der Waals surface area contributed by atoms with Crippen molar-refractivity contribution in [1.82, 2.24) is 4.98 Å². The SMILES string of the molecule is CCC1Oc2ccc([N+](=O)[O-])nc2N(CC(C)=O)C1=O. The Hall–Kier alpha value is -2.51. The van der Waals surface area contributed by atoms with E-state index in [1.807, 2.05) is 0 Å². The number of carbonyl (C=O) groups excluding carboxylic acids is 2. The molecule has 2 rings (SSSR count). The lowest BCUT2D eigenvalue weighted by atomic mass is 10.2. The molecule has 0 saturated carbocycles. The summed E-state index contributed by atoms with van der Waals surface area (Å²) in [6, 6.07) is 2.59. The van der Waals surface area contributed by atoms with Crippen LogP contribution in [0.25, 0.3) is 0 Å². The topological polar surface area (TPSA) is 103 Å². The maximum atomic E-state index is 12.2. The number of carbonyl (C=O) groups is 2. The molecule has 1 amide bonds. The Kier molecular flexibility index (Phi) is 3.64. The normalized spacial score (nSPS) is 17.4. The summed E-state index contributed by atoms with van der Waals surface area (Å²) in [6.45, 7) is 2.93. The summed E-state index contributed by atoms with van der Waals surface area (Å²) < 4.78 is 5.45. The van der Waals surface area contributed by atoms with Crippen LogP contribution < -0.4 is 9.64 Å². The number of hydrogen-bond acceptors (Lipinski definition) is 6. The molecule has 1 unspecified atom stereocenters. The van der Waals surface area contributed by atoms with E-state index >= 15 is 0 Å². The molecule has 0 fully saturated rings. The number of Topliss-reactive ketones (excluding diaryl/α,β-unsaturated/α-hetero) is 1. The van der Waals surface area contributed by atoms with Gasteiger partial charge in [-0.05, 0) is 29.3 Å². The number of ether oxygens (including phenoxy) is 1. The quantitative estimate of drug-likeness (QED) is 0.603. The van der Waals surface area contributed by atoms with Crippen molar-refractivity contribution >= 4 is 23.3 Å². The van der Waals surface area contributed by atoms with Gasteiger partial charge < -0.3 is 14.9 Å². The van der Waals surface area contributed by atoms with Gasteiger partial charge in [0.25, 0.3) is 11.7 Å². The first kappa shape index (κ1) is 13.9. The van der Waals surface area contributed by atoms with Crippen LogP contribution in [-0.4, -0.2) is 34.2 Å². The molecule has 1 aliphatic rings. The van der Waals surface area contributed by atoms with Crippen LogP contribution in [-0.2, 0) is 9.59 Å². The Labute approximate surface area is 114 Å². The summed E-state index contributed by atoms with van der Waals surface area (Å²) in [5.74, 6) is -0.770. The molecule has 0 spiro atoms. The molecule has 1 aliphatic heterocycles. The van der Waals surface area contributed by atoms with Crippen molar-refractivity contribution in [2.75, 3.05) is 11.4 Å². The zero-order chi connectivity index (χ0) is 14.9. The number of rotatable bonds is 4. The van der Waals surface area contributed by atoms with Gasteiger partial charge in [0, 0.05) is 6.07 Å². The molecule has 1 aromatic heterocycles. The molecule has 0 N–H and O–H groups in total. The Balaban J connectivity index is 2.50. The lowest BCUT2D eigenvalue weighted by Crippen LogP contribution is -2.47. The van der Waals surface area contributed by atoms with Crippen molar-refractivity contribution in [3.05, 3.63) is 22.2 Å². The van der Waals surface area contributed by atoms with Gasteiger partial charge in [-0.25, -0.2) is 0 Å². The maximum absolute atomic E-state index is 12.2. The first-order chi connectivity index (χ1) is 9.43. The largest absolute Gasteiger partial charge is 0.474 e. The standard InChI is InChI=1S/C12H13N3O5/c1-3-8-12(17)14(6-7(2)16)11-9(20-8)4-5-10(13-11)15(18)19/h4-5,8H,3,6H2,1-2H3. The predicted octanol–water partition coefficient (Wildman–Crippen LogP) is 1.08. The fraction of sp³-hybridized carbons (Fsp3) is 0.417. The van der Waals surface area contributed by atoms with Gasteiger partial charge in [0.1, 0.15) is 5.78 Å². The van der Waals surface area contributed by atoms with Crippen molar-refractivity contribution in [1.29, 1.82) is 0 Å². The summed E-state index contributed by atoms with van der Waals surface area (Å²) in [7, 11) is 0. The fourth-order valence-corrected chi connectivity index (χ4v) is 1.93. The number of aromatic nitrogens is 1. The van der Waals surface area contributed by atoms with Crippen molar-refractivity contribution in [3.63, 3.8) is 0 Å². The number of amides is 1. The van der Waals surface area contributed by atoms with Gasteiger partial charge in [0.15, 0.2) is 11.9 Å². The molecule has 106 valence electrons. The average Bonchev–Trinajstić information content (AvgIpc) is 2.40. The van der Waals surface area contributed by atoms with E-state index in [4.69, 9.17) is 4.74 Å². The number of nitro groups is 1. The molecular weight excluding hydrogens is 266 g/mol. The third kappa shape index (κ3) is 2.44. The van der Waals surface area contributed by atoms with Crippen LogP contribution >= 0.6 is 0 Å². The molecular formula is C12H13N3O5. The van der Waals surface area contributed by atoms with Crippen LogP contribution in [0, 0.1) is 10.1 Å². The van der Waals surface area contributed by atoms with E-state index in [0.717, 1.165) is 4.90 Å². The van der Waals surface area contributed by atoms with Crippen molar-refractivity contribution in [2.45, 2.75) is 26.4 Å². The van der Waals surface area contributed by atoms with Gasteiger partial charge in [-0.3, -0.25) is 14.5 Å². The molecule has 2 heterocycles. The van der Waals surface area contributed by atoms with E-state index in [-0.39, 0.29) is 23.9 Å². The molecule has 0 aliphatic carbocycles. The highest BCUT2D eigenvalue weighted by atomic mass is 16.6. The Morgan fingerprint density at radius 2 is 2.25 bits per heavy atom. The second-order valence-corrected chi connectivity index (χ2v) is 4.39. The minimum absolute atomic E-state index is 0.0177. The molecule has 1 aromatic rings. The molecule has 20 heavy (non-hydrogen) atoms. The zero-order valence-corrected chi connectivity index (χ0v) is 11.0. The van der Waals surface area contributed by atoms with E-state index < -0.39 is 22.8 Å². The Morgan fingerprint density at radius 1 is 1.55 bits per heavy atom. The van der Waals surface area contributed by atoms with E-state index in [9.17, 15) is 19.7 Å². The highest BCUT2D eigenvalue weighted by molar-refractivity contribution is 6.03. The highest BCUT2D eigenvalue weighted by Crippen LogP contribution is 2.34. The van der Waals surface area contributed by atoms with Crippen LogP contribution in [0.2, 0.25) is 0 Å².